The van der Waals surface area contributed by atoms with Crippen molar-refractivity contribution < 1.29 is 23.9 Å². The third kappa shape index (κ3) is 9.49. The molecule has 178 valence electrons. The number of benzene rings is 1. The molecule has 0 aromatic heterocycles. The van der Waals surface area contributed by atoms with Gasteiger partial charge in [-0.15, -0.1) is 0 Å². The van der Waals surface area contributed by atoms with Gasteiger partial charge >= 0.3 is 6.09 Å². The minimum atomic E-state index is -0.882. The lowest BCUT2D eigenvalue weighted by Crippen LogP contribution is -2.57. The highest BCUT2D eigenvalue weighted by Crippen LogP contribution is 2.10. The van der Waals surface area contributed by atoms with Crippen LogP contribution in [0.5, 0.6) is 0 Å². The Kier molecular flexibility index (Phi) is 11.4. The van der Waals surface area contributed by atoms with Crippen molar-refractivity contribution in [2.75, 3.05) is 0 Å². The number of hydrogen-bond acceptors (Lipinski definition) is 5. The summed E-state index contributed by atoms with van der Waals surface area (Å²) in [7, 11) is 0. The average Bonchev–Trinajstić information content (AvgIpc) is 2.73. The first-order valence-corrected chi connectivity index (χ1v) is 11.1. The second-order valence-corrected chi connectivity index (χ2v) is 9.03. The lowest BCUT2D eigenvalue weighted by Gasteiger charge is -2.27. The molecule has 0 bridgehead atoms. The molecule has 0 saturated heterocycles. The van der Waals surface area contributed by atoms with Gasteiger partial charge in [0.25, 0.3) is 0 Å². The molecule has 0 saturated carbocycles. The van der Waals surface area contributed by atoms with E-state index in [0.717, 1.165) is 5.56 Å². The van der Waals surface area contributed by atoms with Crippen LogP contribution in [0.4, 0.5) is 4.79 Å². The van der Waals surface area contributed by atoms with E-state index in [0.29, 0.717) is 12.7 Å². The van der Waals surface area contributed by atoms with E-state index in [1.807, 2.05) is 58.0 Å². The van der Waals surface area contributed by atoms with E-state index in [2.05, 4.69) is 16.0 Å². The van der Waals surface area contributed by atoms with Crippen LogP contribution in [0.15, 0.2) is 30.3 Å². The fourth-order valence-corrected chi connectivity index (χ4v) is 3.01. The predicted molar refractivity (Wildman–Crippen MR) is 123 cm³/mol. The fraction of sp³-hybridized carbons (Fsp3) is 0.583. The number of carbonyl (C=O) groups is 4. The third-order valence-electron chi connectivity index (χ3n) is 4.95. The van der Waals surface area contributed by atoms with E-state index < -0.39 is 36.0 Å². The Bertz CT molecular complexity index is 749. The number of aldehydes is 1. The van der Waals surface area contributed by atoms with E-state index in [4.69, 9.17) is 4.74 Å². The van der Waals surface area contributed by atoms with Crippen LogP contribution < -0.4 is 16.0 Å². The summed E-state index contributed by atoms with van der Waals surface area (Å²) in [4.78, 5) is 49.2. The van der Waals surface area contributed by atoms with Gasteiger partial charge in [-0.1, -0.05) is 71.9 Å². The predicted octanol–water partition coefficient (Wildman–Crippen LogP) is 2.81. The summed E-state index contributed by atoms with van der Waals surface area (Å²) in [6.07, 6.45) is 0.371. The van der Waals surface area contributed by atoms with Gasteiger partial charge in [-0.05, 0) is 29.7 Å². The van der Waals surface area contributed by atoms with Crippen LogP contribution in [-0.4, -0.2) is 42.3 Å². The van der Waals surface area contributed by atoms with E-state index in [1.165, 1.54) is 0 Å². The Morgan fingerprint density at radius 1 is 0.875 bits per heavy atom. The maximum absolute atomic E-state index is 12.9. The summed E-state index contributed by atoms with van der Waals surface area (Å²) in [6, 6.07) is 6.87. The highest BCUT2D eigenvalue weighted by atomic mass is 16.5. The number of hydrogen-bond donors (Lipinski definition) is 3. The second kappa shape index (κ2) is 13.5. The van der Waals surface area contributed by atoms with Crippen molar-refractivity contribution in [3.63, 3.8) is 0 Å². The zero-order chi connectivity index (χ0) is 24.3. The first-order chi connectivity index (χ1) is 15.0. The molecule has 0 fully saturated rings. The standard InChI is InChI=1S/C24H37N3O5/c1-15(2)12-19(22(29)26-20(13-28)16(3)4)25-23(30)21(17(5)6)27-24(31)32-14-18-10-8-7-9-11-18/h7-11,13,15-17,19-21H,12,14H2,1-6H3,(H,25,30)(H,26,29)(H,27,31)/t19-,20+,21-/m0/s1. The highest BCUT2D eigenvalue weighted by Gasteiger charge is 2.30. The van der Waals surface area contributed by atoms with Gasteiger partial charge in [0.05, 0.1) is 6.04 Å². The SMILES string of the molecule is CC(C)C[C@H](NC(=O)[C@@H](NC(=O)OCc1ccccc1)C(C)C)C(=O)N[C@H](C=O)C(C)C. The number of carbonyl (C=O) groups excluding carboxylic acids is 4. The third-order valence-corrected chi connectivity index (χ3v) is 4.95. The van der Waals surface area contributed by atoms with Crippen LogP contribution in [0, 0.1) is 17.8 Å². The number of ether oxygens (including phenoxy) is 1. The molecule has 3 atom stereocenters. The summed E-state index contributed by atoms with van der Waals surface area (Å²) in [5.74, 6) is -1.09. The average molecular weight is 448 g/mol. The monoisotopic (exact) mass is 447 g/mol. The van der Waals surface area contributed by atoms with Gasteiger partial charge in [0.2, 0.25) is 11.8 Å². The molecule has 0 aliphatic carbocycles. The molecule has 0 spiro atoms. The molecule has 1 aromatic rings. The number of nitrogens with one attached hydrogen (secondary N) is 3. The first-order valence-electron chi connectivity index (χ1n) is 11.1. The molecule has 3 N–H and O–H groups in total. The topological polar surface area (TPSA) is 114 Å². The quantitative estimate of drug-likeness (QED) is 0.427. The van der Waals surface area contributed by atoms with Crippen molar-refractivity contribution in [1.29, 1.82) is 0 Å². The minimum absolute atomic E-state index is 0.0729. The smallest absolute Gasteiger partial charge is 0.408 e. The lowest BCUT2D eigenvalue weighted by molar-refractivity contribution is -0.132. The molecule has 32 heavy (non-hydrogen) atoms. The maximum atomic E-state index is 12.9. The van der Waals surface area contributed by atoms with Gasteiger partial charge in [-0.25, -0.2) is 4.79 Å². The van der Waals surface area contributed by atoms with Crippen molar-refractivity contribution in [3.05, 3.63) is 35.9 Å². The second-order valence-electron chi connectivity index (χ2n) is 9.03. The number of alkyl carbamates (subject to hydrolysis) is 1. The summed E-state index contributed by atoms with van der Waals surface area (Å²) in [5, 5.41) is 8.02. The van der Waals surface area contributed by atoms with E-state index in [-0.39, 0.29) is 24.4 Å². The van der Waals surface area contributed by atoms with Crippen molar-refractivity contribution in [2.45, 2.75) is 72.7 Å². The van der Waals surface area contributed by atoms with Crippen LogP contribution in [-0.2, 0) is 25.7 Å². The van der Waals surface area contributed by atoms with Gasteiger partial charge in [0.15, 0.2) is 0 Å². The van der Waals surface area contributed by atoms with Gasteiger partial charge in [0.1, 0.15) is 25.0 Å². The Morgan fingerprint density at radius 3 is 2.00 bits per heavy atom. The molecular weight excluding hydrogens is 410 g/mol. The Morgan fingerprint density at radius 2 is 1.50 bits per heavy atom. The molecule has 0 radical (unpaired) electrons. The van der Waals surface area contributed by atoms with E-state index in [9.17, 15) is 19.2 Å². The first kappa shape index (κ1) is 27.1. The molecule has 0 aliphatic rings. The van der Waals surface area contributed by atoms with Crippen molar-refractivity contribution >= 4 is 24.2 Å². The Labute approximate surface area is 190 Å². The van der Waals surface area contributed by atoms with Crippen LogP contribution in [0.3, 0.4) is 0 Å². The van der Waals surface area contributed by atoms with Gasteiger partial charge in [0, 0.05) is 0 Å². The maximum Gasteiger partial charge on any atom is 0.408 e. The summed E-state index contributed by atoms with van der Waals surface area (Å²) >= 11 is 0. The van der Waals surface area contributed by atoms with Crippen molar-refractivity contribution in [3.8, 4) is 0 Å². The normalized spacial score (nSPS) is 13.9. The Balaban J connectivity index is 2.80. The van der Waals surface area contributed by atoms with Crippen LogP contribution in [0.2, 0.25) is 0 Å². The summed E-state index contributed by atoms with van der Waals surface area (Å²) < 4.78 is 5.22. The molecule has 3 amide bonds. The van der Waals surface area contributed by atoms with Gasteiger partial charge in [-0.2, -0.15) is 0 Å². The molecule has 0 heterocycles. The zero-order valence-corrected chi connectivity index (χ0v) is 19.9. The summed E-state index contributed by atoms with van der Waals surface area (Å²) in [6.45, 7) is 11.2. The molecule has 1 rings (SSSR count). The van der Waals surface area contributed by atoms with Crippen molar-refractivity contribution in [2.24, 2.45) is 17.8 Å². The largest absolute Gasteiger partial charge is 0.445 e. The molecule has 8 heteroatoms. The lowest BCUT2D eigenvalue weighted by atomic mass is 9.99. The molecule has 8 nitrogen and oxygen atoms in total. The number of rotatable bonds is 12. The highest BCUT2D eigenvalue weighted by molar-refractivity contribution is 5.92. The van der Waals surface area contributed by atoms with E-state index in [1.54, 1.807) is 13.8 Å². The number of amides is 3. The fourth-order valence-electron chi connectivity index (χ4n) is 3.01. The van der Waals surface area contributed by atoms with Gasteiger partial charge < -0.3 is 25.5 Å². The molecule has 0 aliphatic heterocycles. The summed E-state index contributed by atoms with van der Waals surface area (Å²) in [5.41, 5.74) is 0.830. The minimum Gasteiger partial charge on any atom is -0.445 e. The molecule has 1 aromatic carbocycles. The molecule has 0 unspecified atom stereocenters. The van der Waals surface area contributed by atoms with Crippen molar-refractivity contribution in [1.82, 2.24) is 16.0 Å². The van der Waals surface area contributed by atoms with E-state index >= 15 is 0 Å². The van der Waals surface area contributed by atoms with Crippen LogP contribution >= 0.6 is 0 Å². The zero-order valence-electron chi connectivity index (χ0n) is 19.9. The van der Waals surface area contributed by atoms with Crippen LogP contribution in [0.25, 0.3) is 0 Å². The van der Waals surface area contributed by atoms with Gasteiger partial charge in [-0.3, -0.25) is 9.59 Å². The van der Waals surface area contributed by atoms with Crippen LogP contribution in [0.1, 0.15) is 53.5 Å². The Hall–Kier alpha value is -2.90. The molecular formula is C24H37N3O5.